The minimum atomic E-state index is -1.00. The molecule has 154 valence electrons. The lowest BCUT2D eigenvalue weighted by atomic mass is 10.1. The molecule has 26 heavy (non-hydrogen) atoms. The number of aliphatic hydroxyl groups is 3. The van der Waals surface area contributed by atoms with E-state index in [9.17, 15) is 10.2 Å². The lowest BCUT2D eigenvalue weighted by molar-refractivity contribution is -0.0938. The summed E-state index contributed by atoms with van der Waals surface area (Å²) >= 11 is 0. The van der Waals surface area contributed by atoms with E-state index in [1.807, 2.05) is 0 Å². The molecule has 4 atom stereocenters. The topological polar surface area (TPSA) is 79.2 Å². The first-order valence-electron chi connectivity index (χ1n) is 10.6. The van der Waals surface area contributed by atoms with E-state index < -0.39 is 24.4 Å². The summed E-state index contributed by atoms with van der Waals surface area (Å²) in [7, 11) is 0. The van der Waals surface area contributed by atoms with E-state index in [1.165, 1.54) is 51.4 Å². The molecule has 1 fully saturated rings. The fourth-order valence-corrected chi connectivity index (χ4v) is 3.30. The van der Waals surface area contributed by atoms with Crippen molar-refractivity contribution < 1.29 is 24.8 Å². The predicted molar refractivity (Wildman–Crippen MR) is 104 cm³/mol. The maximum Gasteiger partial charge on any atom is 0.114 e. The monoisotopic (exact) mass is 372 g/mol. The smallest absolute Gasteiger partial charge is 0.114 e. The van der Waals surface area contributed by atoms with Crippen molar-refractivity contribution in [2.75, 3.05) is 19.8 Å². The Morgan fingerprint density at radius 2 is 1.62 bits per heavy atom. The third kappa shape index (κ3) is 10.0. The molecule has 0 aromatic heterocycles. The number of allylic oxidation sites excluding steroid dienone is 2. The molecule has 0 amide bonds. The Morgan fingerprint density at radius 1 is 1.00 bits per heavy atom. The number of hydrogen-bond donors (Lipinski definition) is 3. The molecule has 0 aromatic rings. The van der Waals surface area contributed by atoms with Gasteiger partial charge >= 0.3 is 0 Å². The van der Waals surface area contributed by atoms with Crippen LogP contribution in [-0.4, -0.2) is 59.6 Å². The predicted octanol–water partition coefficient (Wildman–Crippen LogP) is 3.35. The largest absolute Gasteiger partial charge is 0.394 e. The van der Waals surface area contributed by atoms with E-state index in [0.717, 1.165) is 19.3 Å². The van der Waals surface area contributed by atoms with Crippen LogP contribution in [0.15, 0.2) is 12.2 Å². The third-order valence-corrected chi connectivity index (χ3v) is 4.95. The van der Waals surface area contributed by atoms with Gasteiger partial charge in [0.25, 0.3) is 0 Å². The molecular formula is C21H40O5. The summed E-state index contributed by atoms with van der Waals surface area (Å²) in [5.74, 6) is 0. The average molecular weight is 373 g/mol. The number of ether oxygens (including phenoxy) is 2. The van der Waals surface area contributed by atoms with E-state index in [2.05, 4.69) is 19.1 Å². The highest BCUT2D eigenvalue weighted by molar-refractivity contribution is 4.89. The number of rotatable bonds is 16. The lowest BCUT2D eigenvalue weighted by Crippen LogP contribution is -2.42. The van der Waals surface area contributed by atoms with Crippen molar-refractivity contribution in [3.63, 3.8) is 0 Å². The highest BCUT2D eigenvalue weighted by Crippen LogP contribution is 2.21. The van der Waals surface area contributed by atoms with Crippen LogP contribution in [0.4, 0.5) is 0 Å². The Labute approximate surface area is 159 Å². The molecule has 0 bridgehead atoms. The molecule has 0 saturated carbocycles. The van der Waals surface area contributed by atoms with E-state index in [-0.39, 0.29) is 13.2 Å². The van der Waals surface area contributed by atoms with Gasteiger partial charge in [0, 0.05) is 6.61 Å². The minimum absolute atomic E-state index is 0.150. The summed E-state index contributed by atoms with van der Waals surface area (Å²) in [5.41, 5.74) is 0. The first kappa shape index (κ1) is 23.6. The van der Waals surface area contributed by atoms with Crippen LogP contribution >= 0.6 is 0 Å². The first-order valence-corrected chi connectivity index (χ1v) is 10.6. The normalized spacial score (nSPS) is 24.5. The van der Waals surface area contributed by atoms with Crippen molar-refractivity contribution in [1.29, 1.82) is 0 Å². The van der Waals surface area contributed by atoms with Crippen LogP contribution in [0.5, 0.6) is 0 Å². The van der Waals surface area contributed by atoms with Crippen molar-refractivity contribution >= 4 is 0 Å². The van der Waals surface area contributed by atoms with Crippen LogP contribution in [-0.2, 0) is 9.47 Å². The van der Waals surface area contributed by atoms with Crippen LogP contribution in [0, 0.1) is 0 Å². The summed E-state index contributed by atoms with van der Waals surface area (Å²) in [6.45, 7) is 2.56. The molecule has 5 nitrogen and oxygen atoms in total. The summed E-state index contributed by atoms with van der Waals surface area (Å²) < 4.78 is 11.0. The minimum Gasteiger partial charge on any atom is -0.394 e. The summed E-state index contributed by atoms with van der Waals surface area (Å²) in [5, 5.41) is 28.6. The highest BCUT2D eigenvalue weighted by Gasteiger charge is 2.40. The van der Waals surface area contributed by atoms with E-state index in [1.54, 1.807) is 0 Å². The molecule has 1 rings (SSSR count). The van der Waals surface area contributed by atoms with E-state index in [4.69, 9.17) is 14.6 Å². The van der Waals surface area contributed by atoms with Gasteiger partial charge in [0.1, 0.15) is 24.4 Å². The Hall–Kier alpha value is -0.460. The molecule has 0 spiro atoms. The summed E-state index contributed by atoms with van der Waals surface area (Å²) in [6, 6.07) is 0. The van der Waals surface area contributed by atoms with Gasteiger partial charge in [-0.3, -0.25) is 0 Å². The molecule has 0 radical (unpaired) electrons. The van der Waals surface area contributed by atoms with Crippen LogP contribution in [0.3, 0.4) is 0 Å². The zero-order valence-electron chi connectivity index (χ0n) is 16.5. The zero-order valence-corrected chi connectivity index (χ0v) is 16.5. The van der Waals surface area contributed by atoms with Gasteiger partial charge in [0.15, 0.2) is 0 Å². The van der Waals surface area contributed by atoms with Gasteiger partial charge in [-0.25, -0.2) is 0 Å². The van der Waals surface area contributed by atoms with Crippen molar-refractivity contribution in [1.82, 2.24) is 0 Å². The second kappa shape index (κ2) is 15.6. The molecule has 3 N–H and O–H groups in total. The molecule has 0 aliphatic carbocycles. The van der Waals surface area contributed by atoms with Crippen LogP contribution in [0.1, 0.15) is 77.6 Å². The van der Waals surface area contributed by atoms with Gasteiger partial charge in [-0.1, -0.05) is 57.6 Å². The maximum absolute atomic E-state index is 9.86. The number of hydrogen-bond acceptors (Lipinski definition) is 5. The Bertz CT molecular complexity index is 347. The SMILES string of the molecule is CCCCCCC/C=C/CCCCCCO[C@H]1[C@@H]([C@H](O)CO)OC[C@@H]1O. The lowest BCUT2D eigenvalue weighted by Gasteiger charge is -2.23. The fraction of sp³-hybridized carbons (Fsp3) is 0.905. The van der Waals surface area contributed by atoms with E-state index >= 15 is 0 Å². The van der Waals surface area contributed by atoms with Crippen LogP contribution in [0.25, 0.3) is 0 Å². The molecule has 0 aromatic carbocycles. The summed E-state index contributed by atoms with van der Waals surface area (Å²) in [6.07, 6.45) is 15.2. The molecular weight excluding hydrogens is 332 g/mol. The summed E-state index contributed by atoms with van der Waals surface area (Å²) in [4.78, 5) is 0. The van der Waals surface area contributed by atoms with Crippen LogP contribution in [0.2, 0.25) is 0 Å². The molecule has 1 heterocycles. The van der Waals surface area contributed by atoms with E-state index in [0.29, 0.717) is 6.61 Å². The molecule has 1 aliphatic rings. The van der Waals surface area contributed by atoms with Gasteiger partial charge in [-0.05, 0) is 32.1 Å². The number of aliphatic hydroxyl groups excluding tert-OH is 3. The van der Waals surface area contributed by atoms with Crippen molar-refractivity contribution in [2.24, 2.45) is 0 Å². The van der Waals surface area contributed by atoms with Gasteiger partial charge < -0.3 is 24.8 Å². The second-order valence-electron chi connectivity index (χ2n) is 7.33. The van der Waals surface area contributed by atoms with Crippen molar-refractivity contribution in [2.45, 2.75) is 102 Å². The second-order valence-corrected chi connectivity index (χ2v) is 7.33. The Morgan fingerprint density at radius 3 is 2.23 bits per heavy atom. The standard InChI is InChI=1S/C21H40O5/c1-2-3-4-5-6-7-8-9-10-11-12-13-14-15-25-21-19(24)17-26-20(21)18(23)16-22/h8-9,18-24H,2-7,10-17H2,1H3/b9-8+/t18-,19+,20-,21-/m1/s1. The Kier molecular flexibility index (Phi) is 14.1. The molecule has 1 saturated heterocycles. The van der Waals surface area contributed by atoms with Gasteiger partial charge in [0.2, 0.25) is 0 Å². The van der Waals surface area contributed by atoms with Gasteiger partial charge in [-0.15, -0.1) is 0 Å². The molecule has 0 unspecified atom stereocenters. The van der Waals surface area contributed by atoms with Crippen molar-refractivity contribution in [3.8, 4) is 0 Å². The molecule has 5 heteroatoms. The third-order valence-electron chi connectivity index (χ3n) is 4.95. The quantitative estimate of drug-likeness (QED) is 0.286. The Balaban J connectivity index is 1.94. The maximum atomic E-state index is 9.86. The molecule has 1 aliphatic heterocycles. The van der Waals surface area contributed by atoms with Gasteiger partial charge in [-0.2, -0.15) is 0 Å². The van der Waals surface area contributed by atoms with Gasteiger partial charge in [0.05, 0.1) is 13.2 Å². The van der Waals surface area contributed by atoms with Crippen molar-refractivity contribution in [3.05, 3.63) is 12.2 Å². The highest BCUT2D eigenvalue weighted by atomic mass is 16.6. The number of unbranched alkanes of at least 4 members (excludes halogenated alkanes) is 9. The van der Waals surface area contributed by atoms with Crippen LogP contribution < -0.4 is 0 Å². The average Bonchev–Trinajstić information content (AvgIpc) is 3.02. The zero-order chi connectivity index (χ0) is 19.0. The fourth-order valence-electron chi connectivity index (χ4n) is 3.30. The first-order chi connectivity index (χ1) is 12.7.